The number of ether oxygens (including phenoxy) is 1. The second-order valence-electron chi connectivity index (χ2n) is 7.07. The Balaban J connectivity index is 2.51. The average molecular weight is 305 g/mol. The van der Waals surface area contributed by atoms with E-state index >= 15 is 0 Å². The average Bonchev–Trinajstić information content (AvgIpc) is 2.78. The van der Waals surface area contributed by atoms with Crippen molar-refractivity contribution in [3.05, 3.63) is 24.1 Å². The number of piperidine rings is 1. The Labute approximate surface area is 133 Å². The van der Waals surface area contributed by atoms with Gasteiger partial charge in [0.1, 0.15) is 6.61 Å². The summed E-state index contributed by atoms with van der Waals surface area (Å²) in [5.41, 5.74) is 0.102. The van der Waals surface area contributed by atoms with Gasteiger partial charge in [-0.25, -0.2) is 0 Å². The summed E-state index contributed by atoms with van der Waals surface area (Å²) in [4.78, 5) is 26.8. The van der Waals surface area contributed by atoms with Gasteiger partial charge in [0.05, 0.1) is 11.1 Å². The molecular formula is C18H27NO3. The molecule has 0 spiro atoms. The Kier molecular flexibility index (Phi) is 4.24. The van der Waals surface area contributed by atoms with E-state index < -0.39 is 0 Å². The number of hydrogen-bond donors (Lipinski definition) is 0. The second-order valence-corrected chi connectivity index (χ2v) is 7.07. The molecule has 0 aromatic carbocycles. The van der Waals surface area contributed by atoms with E-state index in [0.717, 1.165) is 12.8 Å². The van der Waals surface area contributed by atoms with Gasteiger partial charge in [-0.2, -0.15) is 0 Å². The van der Waals surface area contributed by atoms with Crippen molar-refractivity contribution in [2.24, 2.45) is 11.3 Å². The second kappa shape index (κ2) is 5.56. The third kappa shape index (κ3) is 2.11. The van der Waals surface area contributed by atoms with E-state index in [4.69, 9.17) is 4.74 Å². The first-order chi connectivity index (χ1) is 10.2. The van der Waals surface area contributed by atoms with Crippen molar-refractivity contribution in [3.8, 4) is 0 Å². The quantitative estimate of drug-likeness (QED) is 0.429. The van der Waals surface area contributed by atoms with Crippen molar-refractivity contribution >= 4 is 11.7 Å². The first-order valence-electron chi connectivity index (χ1n) is 8.04. The van der Waals surface area contributed by atoms with Crippen LogP contribution in [-0.2, 0) is 14.3 Å². The number of amides is 1. The molecule has 0 aromatic rings. The number of ketones is 1. The lowest BCUT2D eigenvalue weighted by atomic mass is 9.75. The van der Waals surface area contributed by atoms with Crippen LogP contribution in [0.1, 0.15) is 53.9 Å². The summed E-state index contributed by atoms with van der Waals surface area (Å²) < 4.78 is 5.79. The molecule has 1 aliphatic heterocycles. The summed E-state index contributed by atoms with van der Waals surface area (Å²) in [6.07, 6.45) is 3.88. The van der Waals surface area contributed by atoms with Crippen LogP contribution >= 0.6 is 0 Å². The van der Waals surface area contributed by atoms with Crippen molar-refractivity contribution in [1.29, 1.82) is 0 Å². The van der Waals surface area contributed by atoms with Crippen molar-refractivity contribution < 1.29 is 14.3 Å². The molecule has 2 atom stereocenters. The molecule has 1 saturated heterocycles. The summed E-state index contributed by atoms with van der Waals surface area (Å²) in [7, 11) is 0. The molecule has 1 aliphatic carbocycles. The zero-order chi connectivity index (χ0) is 16.7. The third-order valence-electron chi connectivity index (χ3n) is 5.79. The highest BCUT2D eigenvalue weighted by Crippen LogP contribution is 2.60. The molecule has 2 fully saturated rings. The van der Waals surface area contributed by atoms with Crippen molar-refractivity contribution in [2.75, 3.05) is 6.61 Å². The number of Topliss-reactive ketones (excluding diaryl/α,β-unsaturated/α-hetero) is 1. The predicted molar refractivity (Wildman–Crippen MR) is 85.9 cm³/mol. The fourth-order valence-corrected chi connectivity index (χ4v) is 3.90. The molecule has 122 valence electrons. The number of rotatable bonds is 6. The summed E-state index contributed by atoms with van der Waals surface area (Å²) >= 11 is 0. The van der Waals surface area contributed by atoms with Gasteiger partial charge in [0, 0.05) is 12.3 Å². The van der Waals surface area contributed by atoms with Crippen LogP contribution in [0.2, 0.25) is 0 Å². The Morgan fingerprint density at radius 3 is 2.55 bits per heavy atom. The Hall–Kier alpha value is -1.58. The lowest BCUT2D eigenvalue weighted by Gasteiger charge is -2.42. The van der Waals surface area contributed by atoms with E-state index in [9.17, 15) is 9.59 Å². The molecule has 1 amide bonds. The number of likely N-dealkylation sites (tertiary alicyclic amines) is 1. The number of carbonyl (C=O) groups excluding carboxylic acids is 2. The van der Waals surface area contributed by atoms with E-state index in [0.29, 0.717) is 17.9 Å². The molecule has 0 unspecified atom stereocenters. The summed E-state index contributed by atoms with van der Waals surface area (Å²) in [6.45, 7) is 13.9. The topological polar surface area (TPSA) is 46.6 Å². The van der Waals surface area contributed by atoms with Gasteiger partial charge in [-0.05, 0) is 32.1 Å². The zero-order valence-electron chi connectivity index (χ0n) is 14.4. The van der Waals surface area contributed by atoms with Gasteiger partial charge in [-0.3, -0.25) is 14.5 Å². The maximum absolute atomic E-state index is 12.9. The zero-order valence-corrected chi connectivity index (χ0v) is 14.4. The maximum atomic E-state index is 12.9. The number of carbonyl (C=O) groups is 2. The highest BCUT2D eigenvalue weighted by molar-refractivity contribution is 5.96. The summed E-state index contributed by atoms with van der Waals surface area (Å²) in [5.74, 6) is 0.524. The smallest absolute Gasteiger partial charge is 0.233 e. The van der Waals surface area contributed by atoms with E-state index in [2.05, 4.69) is 27.4 Å². The largest absolute Gasteiger partial charge is 0.474 e. The van der Waals surface area contributed by atoms with Gasteiger partial charge < -0.3 is 4.74 Å². The van der Waals surface area contributed by atoms with Crippen LogP contribution in [0.25, 0.3) is 0 Å². The molecule has 0 N–H and O–H groups in total. The molecule has 0 radical (unpaired) electrons. The highest BCUT2D eigenvalue weighted by Gasteiger charge is 2.66. The minimum atomic E-state index is -0.305. The van der Waals surface area contributed by atoms with Crippen molar-refractivity contribution in [2.45, 2.75) is 59.4 Å². The van der Waals surface area contributed by atoms with Crippen molar-refractivity contribution in [1.82, 2.24) is 4.90 Å². The monoisotopic (exact) mass is 305 g/mol. The molecular weight excluding hydrogens is 278 g/mol. The summed E-state index contributed by atoms with van der Waals surface area (Å²) in [5, 5.41) is 0. The number of hydrogen-bond acceptors (Lipinski definition) is 3. The fourth-order valence-electron chi connectivity index (χ4n) is 3.90. The maximum Gasteiger partial charge on any atom is 0.233 e. The van der Waals surface area contributed by atoms with Crippen LogP contribution in [0.5, 0.6) is 0 Å². The SMILES string of the molecule is C=CCO/C(=C(/C)C(=O)CC)N1C(=O)[C@H]2CC[C@]1(C)C2(C)C. The summed E-state index contributed by atoms with van der Waals surface area (Å²) in [6, 6.07) is 0. The number of allylic oxidation sites excluding steroid dienone is 1. The lowest BCUT2D eigenvalue weighted by molar-refractivity contribution is -0.137. The van der Waals surface area contributed by atoms with E-state index in [-0.39, 0.29) is 35.2 Å². The van der Waals surface area contributed by atoms with E-state index in [1.807, 2.05) is 6.92 Å². The Bertz CT molecular complexity index is 547. The lowest BCUT2D eigenvalue weighted by Crippen LogP contribution is -2.49. The molecule has 2 rings (SSSR count). The molecule has 4 nitrogen and oxygen atoms in total. The van der Waals surface area contributed by atoms with Crippen LogP contribution in [0, 0.1) is 11.3 Å². The molecule has 4 heteroatoms. The molecule has 22 heavy (non-hydrogen) atoms. The van der Waals surface area contributed by atoms with Gasteiger partial charge in [0.15, 0.2) is 5.78 Å². The number of nitrogens with zero attached hydrogens (tertiary/aromatic N) is 1. The fraction of sp³-hybridized carbons (Fsp3) is 0.667. The van der Waals surface area contributed by atoms with Gasteiger partial charge in [-0.1, -0.05) is 33.4 Å². The molecule has 1 heterocycles. The molecule has 1 saturated carbocycles. The van der Waals surface area contributed by atoms with Crippen LogP contribution in [0.4, 0.5) is 0 Å². The van der Waals surface area contributed by atoms with E-state index in [1.54, 1.807) is 17.9 Å². The van der Waals surface area contributed by atoms with Gasteiger partial charge >= 0.3 is 0 Å². The molecule has 2 bridgehead atoms. The van der Waals surface area contributed by atoms with Crippen LogP contribution in [-0.4, -0.2) is 28.7 Å². The minimum absolute atomic E-state index is 0.00404. The van der Waals surface area contributed by atoms with Gasteiger partial charge in [-0.15, -0.1) is 0 Å². The van der Waals surface area contributed by atoms with E-state index in [1.165, 1.54) is 0 Å². The number of fused-ring (bicyclic) bond motifs is 2. The first-order valence-corrected chi connectivity index (χ1v) is 8.04. The molecule has 0 aromatic heterocycles. The standard InChI is InChI=1S/C18H27NO3/c1-7-11-22-16(12(3)14(20)8-2)19-15(21)13-9-10-18(19,6)17(13,4)5/h7,13H,1,8-11H2,2-6H3/b16-12-/t13-,18-/m1/s1. The minimum Gasteiger partial charge on any atom is -0.474 e. The first kappa shape index (κ1) is 16.8. The van der Waals surface area contributed by atoms with Gasteiger partial charge in [0.25, 0.3) is 0 Å². The normalized spacial score (nSPS) is 30.3. The highest BCUT2D eigenvalue weighted by atomic mass is 16.5. The third-order valence-corrected chi connectivity index (χ3v) is 5.79. The van der Waals surface area contributed by atoms with Crippen LogP contribution in [0.3, 0.4) is 0 Å². The van der Waals surface area contributed by atoms with Crippen molar-refractivity contribution in [3.63, 3.8) is 0 Å². The Morgan fingerprint density at radius 1 is 1.45 bits per heavy atom. The van der Waals surface area contributed by atoms with Gasteiger partial charge in [0.2, 0.25) is 11.8 Å². The van der Waals surface area contributed by atoms with Crippen LogP contribution in [0.15, 0.2) is 24.1 Å². The molecule has 2 aliphatic rings. The van der Waals surface area contributed by atoms with Crippen LogP contribution < -0.4 is 0 Å². The Morgan fingerprint density at radius 2 is 2.09 bits per heavy atom. The predicted octanol–water partition coefficient (Wildman–Crippen LogP) is 3.44.